The van der Waals surface area contributed by atoms with Gasteiger partial charge in [-0.15, -0.1) is 0 Å². The molecule has 2 amide bonds. The lowest BCUT2D eigenvalue weighted by atomic mass is 9.80. The molecule has 5 aromatic rings. The zero-order chi connectivity index (χ0) is 50.7. The molecule has 71 heavy (non-hydrogen) atoms. The molecule has 0 radical (unpaired) electrons. The van der Waals surface area contributed by atoms with Crippen LogP contribution in [0.1, 0.15) is 110 Å². The van der Waals surface area contributed by atoms with Gasteiger partial charge in [0.15, 0.2) is 6.23 Å². The Morgan fingerprint density at radius 2 is 1.34 bits per heavy atom. The highest BCUT2D eigenvalue weighted by atomic mass is 31.2. The fraction of sp³-hybridized carbons (Fsp3) is 0.415. The van der Waals surface area contributed by atoms with Crippen LogP contribution >= 0.6 is 8.53 Å². The molecule has 1 aromatic heterocycles. The van der Waals surface area contributed by atoms with Crippen LogP contribution in [0.5, 0.6) is 11.5 Å². The van der Waals surface area contributed by atoms with Crippen LogP contribution in [0.2, 0.25) is 0 Å². The number of nitriles is 1. The number of aromatic nitrogens is 2. The van der Waals surface area contributed by atoms with Gasteiger partial charge in [0.1, 0.15) is 35.4 Å². The van der Waals surface area contributed by atoms with Crippen molar-refractivity contribution < 1.29 is 42.4 Å². The number of amides is 2. The monoisotopic (exact) mass is 990 g/mol. The summed E-state index contributed by atoms with van der Waals surface area (Å²) >= 11 is 0. The van der Waals surface area contributed by atoms with E-state index >= 15 is 0 Å². The quantitative estimate of drug-likeness (QED) is 0.0193. The highest BCUT2D eigenvalue weighted by Crippen LogP contribution is 2.52. The molecule has 1 N–H and O–H groups in total. The van der Waals surface area contributed by atoms with Crippen LogP contribution in [-0.4, -0.2) is 101 Å². The summed E-state index contributed by atoms with van der Waals surface area (Å²) in [6, 6.07) is 34.4. The number of unbranched alkanes of at least 4 members (excludes halogenated alkanes) is 3. The van der Waals surface area contributed by atoms with Crippen molar-refractivity contribution in [2.24, 2.45) is 0 Å². The van der Waals surface area contributed by atoms with E-state index in [0.717, 1.165) is 41.0 Å². The number of carbonyl (C=O) groups is 2. The topological polar surface area (TPSA) is 187 Å². The molecule has 0 bridgehead atoms. The van der Waals surface area contributed by atoms with Crippen molar-refractivity contribution in [3.05, 3.63) is 164 Å². The predicted octanol–water partition coefficient (Wildman–Crippen LogP) is 8.51. The summed E-state index contributed by atoms with van der Waals surface area (Å²) < 4.78 is 42.5. The second kappa shape index (κ2) is 24.4. The lowest BCUT2D eigenvalue weighted by molar-refractivity contribution is -0.291. The molecule has 1 unspecified atom stereocenters. The average molecular weight is 991 g/mol. The molecule has 2 aliphatic heterocycles. The second-order valence-corrected chi connectivity index (χ2v) is 19.1. The zero-order valence-corrected chi connectivity index (χ0v) is 42.2. The maximum atomic E-state index is 14.4. The molecule has 2 aliphatic rings. The smallest absolute Gasteiger partial charge is 0.330 e. The Balaban J connectivity index is 1.42. The number of hydrogen-bond donors (Lipinski definition) is 1. The van der Waals surface area contributed by atoms with E-state index in [-0.39, 0.29) is 49.4 Å². The van der Waals surface area contributed by atoms with Crippen molar-refractivity contribution in [1.82, 2.24) is 24.4 Å². The number of fused-ring (bicyclic) bond motifs is 1. The molecule has 4 aromatic carbocycles. The molecule has 3 heterocycles. The van der Waals surface area contributed by atoms with Crippen molar-refractivity contribution in [3.63, 3.8) is 0 Å². The molecule has 18 heteroatoms. The SMILES string of the molecule is CCCCCCN(O[C@H]1[C@@H](OP(OCCC#N)N(C(C)C)C(C)C)[C@H](n2ccc(=O)[nH]c2=O)O[C@@H]1COC(c1ccccc1)(c1ccc(OC)cc1)c1ccc(OC)cc1)N1C(=O)c2ccccc2C1=O. The number of carbonyl (C=O) groups excluding carboxylic acids is 2. The summed E-state index contributed by atoms with van der Waals surface area (Å²) in [5.41, 5.74) is -0.104. The number of rotatable bonds is 25. The number of nitrogens with zero attached hydrogens (tertiary/aromatic N) is 5. The fourth-order valence-electron chi connectivity index (χ4n) is 9.01. The van der Waals surface area contributed by atoms with Crippen LogP contribution in [0.4, 0.5) is 0 Å². The molecule has 5 atom stereocenters. The van der Waals surface area contributed by atoms with Gasteiger partial charge in [0.2, 0.25) is 0 Å². The number of benzene rings is 4. The van der Waals surface area contributed by atoms with Crippen LogP contribution in [0.25, 0.3) is 0 Å². The first kappa shape index (κ1) is 52.8. The minimum Gasteiger partial charge on any atom is -0.497 e. The lowest BCUT2D eigenvalue weighted by Crippen LogP contribution is -2.52. The molecule has 0 spiro atoms. The highest BCUT2D eigenvalue weighted by Gasteiger charge is 2.54. The first-order chi connectivity index (χ1) is 34.4. The summed E-state index contributed by atoms with van der Waals surface area (Å²) in [6.45, 7) is 9.94. The first-order valence-electron chi connectivity index (χ1n) is 24.0. The second-order valence-electron chi connectivity index (χ2n) is 17.7. The van der Waals surface area contributed by atoms with Crippen molar-refractivity contribution in [2.75, 3.05) is 34.0 Å². The van der Waals surface area contributed by atoms with E-state index in [2.05, 4.69) is 18.0 Å². The van der Waals surface area contributed by atoms with Crippen molar-refractivity contribution in [1.29, 1.82) is 5.26 Å². The van der Waals surface area contributed by atoms with Crippen LogP contribution in [0.3, 0.4) is 0 Å². The van der Waals surface area contributed by atoms with E-state index in [4.69, 9.17) is 32.8 Å². The number of H-pyrrole nitrogens is 1. The predicted molar refractivity (Wildman–Crippen MR) is 266 cm³/mol. The van der Waals surface area contributed by atoms with Gasteiger partial charge in [0.25, 0.3) is 25.9 Å². The molecular weight excluding hydrogens is 928 g/mol. The maximum Gasteiger partial charge on any atom is 0.330 e. The minimum atomic E-state index is -2.06. The van der Waals surface area contributed by atoms with Crippen molar-refractivity contribution >= 4 is 20.3 Å². The number of hydroxylamine groups is 1. The van der Waals surface area contributed by atoms with Gasteiger partial charge in [-0.2, -0.15) is 10.3 Å². The minimum absolute atomic E-state index is 0.0228. The molecule has 17 nitrogen and oxygen atoms in total. The first-order valence-corrected chi connectivity index (χ1v) is 25.1. The van der Waals surface area contributed by atoms with Crippen molar-refractivity contribution in [3.8, 4) is 17.6 Å². The van der Waals surface area contributed by atoms with Gasteiger partial charge in [-0.05, 0) is 87.2 Å². The van der Waals surface area contributed by atoms with Crippen LogP contribution in [-0.2, 0) is 29.0 Å². The molecule has 0 aliphatic carbocycles. The average Bonchev–Trinajstić information content (AvgIpc) is 3.83. The van der Waals surface area contributed by atoms with E-state index in [0.29, 0.717) is 17.9 Å². The molecule has 1 fully saturated rings. The number of nitrogens with one attached hydrogen (secondary N) is 1. The molecule has 376 valence electrons. The number of imide groups is 1. The highest BCUT2D eigenvalue weighted by molar-refractivity contribution is 7.44. The Labute approximate surface area is 415 Å². The van der Waals surface area contributed by atoms with Crippen molar-refractivity contribution in [2.45, 2.75) is 109 Å². The number of hydrogen-bond acceptors (Lipinski definition) is 14. The van der Waals surface area contributed by atoms with Gasteiger partial charge < -0.3 is 28.0 Å². The Morgan fingerprint density at radius 3 is 1.87 bits per heavy atom. The fourth-order valence-corrected chi connectivity index (χ4v) is 10.7. The Morgan fingerprint density at radius 1 is 0.761 bits per heavy atom. The third-order valence-corrected chi connectivity index (χ3v) is 14.5. The van der Waals surface area contributed by atoms with Crippen LogP contribution in [0, 0.1) is 11.3 Å². The molecular formula is C53H63N6O11P. The van der Waals surface area contributed by atoms with Gasteiger partial charge in [-0.1, -0.05) is 98.1 Å². The van der Waals surface area contributed by atoms with E-state index in [1.165, 1.54) is 22.0 Å². The van der Waals surface area contributed by atoms with Gasteiger partial charge >= 0.3 is 5.69 Å². The number of ether oxygens (including phenoxy) is 4. The third-order valence-electron chi connectivity index (χ3n) is 12.4. The number of aromatic amines is 1. The Kier molecular flexibility index (Phi) is 18.1. The number of hydrazine groups is 1. The Bertz CT molecular complexity index is 2620. The molecule has 7 rings (SSSR count). The summed E-state index contributed by atoms with van der Waals surface area (Å²) in [5.74, 6) is 0.108. The van der Waals surface area contributed by atoms with Crippen LogP contribution < -0.4 is 20.7 Å². The third kappa shape index (κ3) is 11.7. The van der Waals surface area contributed by atoms with E-state index in [1.807, 2.05) is 111 Å². The largest absolute Gasteiger partial charge is 0.497 e. The summed E-state index contributed by atoms with van der Waals surface area (Å²) in [6.07, 6.45) is -0.475. The van der Waals surface area contributed by atoms with Crippen LogP contribution in [0.15, 0.2) is 125 Å². The number of methoxy groups -OCH3 is 2. The normalized spacial score (nSPS) is 18.4. The summed E-state index contributed by atoms with van der Waals surface area (Å²) in [7, 11) is 1.13. The summed E-state index contributed by atoms with van der Waals surface area (Å²) in [5, 5.41) is 11.9. The van der Waals surface area contributed by atoms with E-state index in [1.54, 1.807) is 38.5 Å². The Hall–Kier alpha value is -6.06. The maximum absolute atomic E-state index is 14.4. The van der Waals surface area contributed by atoms with E-state index < -0.39 is 61.7 Å². The van der Waals surface area contributed by atoms with Gasteiger partial charge in [0.05, 0.1) is 51.1 Å². The van der Waals surface area contributed by atoms with Gasteiger partial charge in [-0.25, -0.2) is 9.46 Å². The van der Waals surface area contributed by atoms with Gasteiger partial charge in [0, 0.05) is 30.9 Å². The summed E-state index contributed by atoms with van der Waals surface area (Å²) in [4.78, 5) is 64.7. The van der Waals surface area contributed by atoms with E-state index in [9.17, 15) is 24.4 Å². The zero-order valence-electron chi connectivity index (χ0n) is 41.3. The lowest BCUT2D eigenvalue weighted by Gasteiger charge is -2.40. The molecule has 1 saturated heterocycles. The standard InChI is InChI=1S/C53H63N6O11P/c1-8-9-10-16-32-57(58-49(61)43-20-14-15-21-44(43)50(58)62)69-47-45(68-51(56-33-30-46(60)55-52(56)63)48(47)70-71(67-34-17-31-54)59(36(2)3)37(4)5)35-66-53(38-18-12-11-13-19-38,39-22-26-41(64-6)27-23-39)40-24-28-42(65-7)29-25-40/h11-15,18-30,33,36-37,45,47-48,51H,8-10,16-17,32,34-35H2,1-7H3,(H,55,60,63)/t45-,47-,48-,51-,71?/m1/s1. The molecule has 0 saturated carbocycles. The van der Waals surface area contributed by atoms with Gasteiger partial charge in [-0.3, -0.25) is 28.8 Å².